The average Bonchev–Trinajstić information content (AvgIpc) is 2.83. The molecule has 0 fully saturated rings. The van der Waals surface area contributed by atoms with Crippen molar-refractivity contribution in [3.8, 4) is 11.5 Å². The van der Waals surface area contributed by atoms with E-state index in [2.05, 4.69) is 18.3 Å². The molecule has 1 aromatic heterocycles. The van der Waals surface area contributed by atoms with Gasteiger partial charge in [0.05, 0.1) is 14.2 Å². The third-order valence-corrected chi connectivity index (χ3v) is 3.57. The lowest BCUT2D eigenvalue weighted by atomic mass is 10.1. The number of benzene rings is 1. The van der Waals surface area contributed by atoms with Crippen molar-refractivity contribution in [2.24, 2.45) is 0 Å². The number of furan rings is 1. The monoisotopic (exact) mass is 325 g/mol. The predicted molar refractivity (Wildman–Crippen MR) is 90.2 cm³/mol. The van der Waals surface area contributed by atoms with Crippen LogP contribution < -0.4 is 14.8 Å². The molecule has 2 aromatic rings. The van der Waals surface area contributed by atoms with E-state index in [1.54, 1.807) is 14.2 Å². The Morgan fingerprint density at radius 1 is 1.05 bits per heavy atom. The number of methoxy groups -OCH3 is 2. The van der Waals surface area contributed by atoms with Crippen molar-refractivity contribution in [3.05, 3.63) is 46.9 Å². The van der Waals surface area contributed by atoms with E-state index in [1.165, 1.54) is 5.56 Å². The highest BCUT2D eigenvalue weighted by Crippen LogP contribution is 2.24. The van der Waals surface area contributed by atoms with Crippen LogP contribution >= 0.6 is 12.4 Å². The first kappa shape index (κ1) is 18.4. The molecule has 0 aliphatic heterocycles. The third kappa shape index (κ3) is 4.42. The number of hydrogen-bond acceptors (Lipinski definition) is 4. The molecule has 0 radical (unpaired) electrons. The topological polar surface area (TPSA) is 43.6 Å². The molecule has 5 heteroatoms. The molecule has 4 nitrogen and oxygen atoms in total. The smallest absolute Gasteiger partial charge is 0.122 e. The van der Waals surface area contributed by atoms with E-state index in [0.29, 0.717) is 0 Å². The molecule has 0 aliphatic carbocycles. The van der Waals surface area contributed by atoms with Crippen LogP contribution in [0, 0.1) is 13.8 Å². The Bertz CT molecular complexity index is 588. The maximum Gasteiger partial charge on any atom is 0.122 e. The van der Waals surface area contributed by atoms with E-state index in [1.807, 2.05) is 32.0 Å². The molecule has 0 aliphatic rings. The molecular weight excluding hydrogens is 302 g/mol. The van der Waals surface area contributed by atoms with Crippen LogP contribution in [0.1, 0.15) is 35.6 Å². The highest BCUT2D eigenvalue weighted by Gasteiger charge is 2.12. The first-order chi connectivity index (χ1) is 10.0. The predicted octanol–water partition coefficient (Wildman–Crippen LogP) is 4.19. The molecule has 122 valence electrons. The van der Waals surface area contributed by atoms with Gasteiger partial charge in [0, 0.05) is 24.2 Å². The van der Waals surface area contributed by atoms with Crippen molar-refractivity contribution >= 4 is 12.4 Å². The van der Waals surface area contributed by atoms with E-state index in [4.69, 9.17) is 13.9 Å². The van der Waals surface area contributed by atoms with E-state index in [0.717, 1.165) is 35.1 Å². The number of halogens is 1. The molecule has 1 N–H and O–H groups in total. The highest BCUT2D eigenvalue weighted by atomic mass is 35.5. The number of rotatable bonds is 6. The molecule has 1 heterocycles. The van der Waals surface area contributed by atoms with Gasteiger partial charge in [-0.15, -0.1) is 12.4 Å². The molecule has 2 rings (SSSR count). The van der Waals surface area contributed by atoms with Gasteiger partial charge in [-0.25, -0.2) is 0 Å². The Balaban J connectivity index is 0.00000242. The van der Waals surface area contributed by atoms with Gasteiger partial charge in [-0.1, -0.05) is 0 Å². The summed E-state index contributed by atoms with van der Waals surface area (Å²) in [5.74, 6) is 3.51. The second kappa shape index (κ2) is 8.11. The number of aryl methyl sites for hydroxylation is 2. The zero-order chi connectivity index (χ0) is 15.4. The maximum absolute atomic E-state index is 5.58. The summed E-state index contributed by atoms with van der Waals surface area (Å²) in [6, 6.07) is 8.20. The molecule has 1 unspecified atom stereocenters. The highest BCUT2D eigenvalue weighted by molar-refractivity contribution is 5.85. The molecule has 0 spiro atoms. The number of hydrogen-bond donors (Lipinski definition) is 1. The van der Waals surface area contributed by atoms with Crippen molar-refractivity contribution in [1.29, 1.82) is 0 Å². The van der Waals surface area contributed by atoms with Crippen molar-refractivity contribution in [3.63, 3.8) is 0 Å². The summed E-state index contributed by atoms with van der Waals surface area (Å²) < 4.78 is 16.2. The number of ether oxygens (including phenoxy) is 2. The summed E-state index contributed by atoms with van der Waals surface area (Å²) in [7, 11) is 3.32. The third-order valence-electron chi connectivity index (χ3n) is 3.57. The molecule has 0 saturated carbocycles. The second-order valence-electron chi connectivity index (χ2n) is 5.19. The zero-order valence-electron chi connectivity index (χ0n) is 13.7. The molecule has 22 heavy (non-hydrogen) atoms. The summed E-state index contributed by atoms with van der Waals surface area (Å²) in [4.78, 5) is 0. The van der Waals surface area contributed by atoms with Crippen LogP contribution in [-0.4, -0.2) is 14.2 Å². The minimum absolute atomic E-state index is 0. The van der Waals surface area contributed by atoms with Gasteiger partial charge in [-0.3, -0.25) is 0 Å². The van der Waals surface area contributed by atoms with Crippen molar-refractivity contribution in [2.75, 3.05) is 14.2 Å². The summed E-state index contributed by atoms with van der Waals surface area (Å²) in [5, 5.41) is 3.50. The van der Waals surface area contributed by atoms with Crippen LogP contribution in [0.15, 0.2) is 28.7 Å². The van der Waals surface area contributed by atoms with E-state index in [-0.39, 0.29) is 18.4 Å². The molecule has 0 bridgehead atoms. The van der Waals surface area contributed by atoms with Crippen LogP contribution in [0.3, 0.4) is 0 Å². The van der Waals surface area contributed by atoms with Crippen LogP contribution in [0.2, 0.25) is 0 Å². The van der Waals surface area contributed by atoms with E-state index >= 15 is 0 Å². The lowest BCUT2D eigenvalue weighted by Gasteiger charge is -2.14. The zero-order valence-corrected chi connectivity index (χ0v) is 14.5. The molecular formula is C17H24ClNO3. The second-order valence-corrected chi connectivity index (χ2v) is 5.19. The van der Waals surface area contributed by atoms with Crippen LogP contribution in [0.4, 0.5) is 0 Å². The van der Waals surface area contributed by atoms with Gasteiger partial charge in [0.1, 0.15) is 23.0 Å². The first-order valence-corrected chi connectivity index (χ1v) is 7.05. The Morgan fingerprint density at radius 3 is 2.09 bits per heavy atom. The van der Waals surface area contributed by atoms with Crippen molar-refractivity contribution < 1.29 is 13.9 Å². The fourth-order valence-corrected chi connectivity index (χ4v) is 2.43. The van der Waals surface area contributed by atoms with Gasteiger partial charge in [0.25, 0.3) is 0 Å². The standard InChI is InChI=1S/C17H23NO3.ClH/c1-11-6-17(13(3)21-11)12(2)18-10-14-7-15(19-4)9-16(8-14)20-5;/h6-9,12,18H,10H2,1-5H3;1H. The van der Waals surface area contributed by atoms with Crippen LogP contribution in [0.25, 0.3) is 0 Å². The lowest BCUT2D eigenvalue weighted by molar-refractivity contribution is 0.392. The van der Waals surface area contributed by atoms with Crippen LogP contribution in [0.5, 0.6) is 11.5 Å². The molecule has 0 amide bonds. The Labute approximate surface area is 138 Å². The van der Waals surface area contributed by atoms with Gasteiger partial charge in [-0.2, -0.15) is 0 Å². The Kier molecular flexibility index (Phi) is 6.78. The van der Waals surface area contributed by atoms with Gasteiger partial charge in [0.2, 0.25) is 0 Å². The summed E-state index contributed by atoms with van der Waals surface area (Å²) in [6.45, 7) is 6.83. The largest absolute Gasteiger partial charge is 0.497 e. The van der Waals surface area contributed by atoms with Gasteiger partial charge in [-0.05, 0) is 44.5 Å². The lowest BCUT2D eigenvalue weighted by Crippen LogP contribution is -2.18. The fraction of sp³-hybridized carbons (Fsp3) is 0.412. The average molecular weight is 326 g/mol. The quantitative estimate of drug-likeness (QED) is 0.865. The minimum atomic E-state index is 0. The molecule has 1 aromatic carbocycles. The molecule has 1 atom stereocenters. The summed E-state index contributed by atoms with van der Waals surface area (Å²) in [5.41, 5.74) is 2.32. The van der Waals surface area contributed by atoms with Gasteiger partial charge >= 0.3 is 0 Å². The maximum atomic E-state index is 5.58. The minimum Gasteiger partial charge on any atom is -0.497 e. The first-order valence-electron chi connectivity index (χ1n) is 7.05. The van der Waals surface area contributed by atoms with Gasteiger partial charge in [0.15, 0.2) is 0 Å². The van der Waals surface area contributed by atoms with Crippen LogP contribution in [-0.2, 0) is 6.54 Å². The Hall–Kier alpha value is -1.65. The normalized spacial score (nSPS) is 11.7. The van der Waals surface area contributed by atoms with E-state index in [9.17, 15) is 0 Å². The summed E-state index contributed by atoms with van der Waals surface area (Å²) in [6.07, 6.45) is 0. The van der Waals surface area contributed by atoms with Gasteiger partial charge < -0.3 is 19.2 Å². The molecule has 0 saturated heterocycles. The van der Waals surface area contributed by atoms with Crippen molar-refractivity contribution in [2.45, 2.75) is 33.4 Å². The number of nitrogens with one attached hydrogen (secondary N) is 1. The SMILES string of the molecule is COc1cc(CNC(C)c2cc(C)oc2C)cc(OC)c1.Cl. The summed E-state index contributed by atoms with van der Waals surface area (Å²) >= 11 is 0. The Morgan fingerprint density at radius 2 is 1.64 bits per heavy atom. The fourth-order valence-electron chi connectivity index (χ4n) is 2.43. The van der Waals surface area contributed by atoms with Crippen molar-refractivity contribution in [1.82, 2.24) is 5.32 Å². The van der Waals surface area contributed by atoms with E-state index < -0.39 is 0 Å².